The van der Waals surface area contributed by atoms with Gasteiger partial charge in [0.05, 0.1) is 5.54 Å². The first kappa shape index (κ1) is 13.2. The molecule has 0 atom stereocenters. The Kier molecular flexibility index (Phi) is 4.97. The van der Waals surface area contributed by atoms with Crippen molar-refractivity contribution in [2.24, 2.45) is 0 Å². The van der Waals surface area contributed by atoms with Gasteiger partial charge in [-0.2, -0.15) is 0 Å². The van der Waals surface area contributed by atoms with E-state index in [1.807, 2.05) is 6.92 Å². The van der Waals surface area contributed by atoms with Gasteiger partial charge in [0.1, 0.15) is 0 Å². The van der Waals surface area contributed by atoms with Crippen molar-refractivity contribution in [3.8, 4) is 0 Å². The molecule has 3 nitrogen and oxygen atoms in total. The lowest BCUT2D eigenvalue weighted by molar-refractivity contribution is -0.131. The van der Waals surface area contributed by atoms with Gasteiger partial charge in [0.15, 0.2) is 5.78 Å². The largest absolute Gasteiger partial charge is 0.344 e. The number of ketones is 1. The van der Waals surface area contributed by atoms with Gasteiger partial charge in [0.2, 0.25) is 5.91 Å². The van der Waals surface area contributed by atoms with E-state index in [1.165, 1.54) is 19.3 Å². The van der Waals surface area contributed by atoms with E-state index >= 15 is 0 Å². The van der Waals surface area contributed by atoms with Gasteiger partial charge in [-0.25, -0.2) is 0 Å². The topological polar surface area (TPSA) is 46.2 Å². The summed E-state index contributed by atoms with van der Waals surface area (Å²) in [5.41, 5.74) is -0.562. The van der Waals surface area contributed by atoms with E-state index in [9.17, 15) is 9.59 Å². The molecule has 1 N–H and O–H groups in total. The molecule has 0 aromatic carbocycles. The van der Waals surface area contributed by atoms with Crippen LogP contribution >= 0.6 is 0 Å². The zero-order chi connectivity index (χ0) is 12.0. The summed E-state index contributed by atoms with van der Waals surface area (Å²) in [7, 11) is 0. The van der Waals surface area contributed by atoms with Crippen molar-refractivity contribution in [2.75, 3.05) is 0 Å². The monoisotopic (exact) mass is 225 g/mol. The minimum atomic E-state index is -0.562. The fourth-order valence-corrected chi connectivity index (χ4v) is 2.43. The highest BCUT2D eigenvalue weighted by molar-refractivity contribution is 5.91. The zero-order valence-corrected chi connectivity index (χ0v) is 10.5. The van der Waals surface area contributed by atoms with E-state index < -0.39 is 5.54 Å². The van der Waals surface area contributed by atoms with Gasteiger partial charge < -0.3 is 5.32 Å². The van der Waals surface area contributed by atoms with E-state index in [2.05, 4.69) is 5.32 Å². The van der Waals surface area contributed by atoms with Crippen molar-refractivity contribution in [3.63, 3.8) is 0 Å². The molecule has 0 saturated heterocycles. The summed E-state index contributed by atoms with van der Waals surface area (Å²) in [4.78, 5) is 23.3. The number of hydrogen-bond acceptors (Lipinski definition) is 2. The van der Waals surface area contributed by atoms with Crippen molar-refractivity contribution in [3.05, 3.63) is 0 Å². The summed E-state index contributed by atoms with van der Waals surface area (Å²) in [5, 5.41) is 2.96. The van der Waals surface area contributed by atoms with Crippen LogP contribution in [0.15, 0.2) is 0 Å². The maximum atomic E-state index is 11.8. The van der Waals surface area contributed by atoms with E-state index in [0.717, 1.165) is 25.7 Å². The first-order valence-electron chi connectivity index (χ1n) is 6.43. The average molecular weight is 225 g/mol. The predicted octanol–water partition coefficient (Wildman–Crippen LogP) is 2.58. The first-order valence-corrected chi connectivity index (χ1v) is 6.43. The Morgan fingerprint density at radius 3 is 2.00 bits per heavy atom. The molecule has 0 aromatic rings. The number of amides is 1. The van der Waals surface area contributed by atoms with Crippen LogP contribution in [0.5, 0.6) is 0 Å². The Balaban J connectivity index is 2.75. The molecule has 0 unspecified atom stereocenters. The summed E-state index contributed by atoms with van der Waals surface area (Å²) in [6, 6.07) is 0. The molecule has 0 heterocycles. The summed E-state index contributed by atoms with van der Waals surface area (Å²) in [6.45, 7) is 3.43. The van der Waals surface area contributed by atoms with Crippen molar-refractivity contribution in [2.45, 2.75) is 70.8 Å². The number of Topliss-reactive ketones (excluding diaryl/α,β-unsaturated/α-hetero) is 1. The van der Waals surface area contributed by atoms with Gasteiger partial charge in [-0.05, 0) is 19.8 Å². The number of carbonyl (C=O) groups is 2. The molecule has 16 heavy (non-hydrogen) atoms. The highest BCUT2D eigenvalue weighted by Gasteiger charge is 2.35. The van der Waals surface area contributed by atoms with Crippen molar-refractivity contribution in [1.29, 1.82) is 0 Å². The number of rotatable bonds is 3. The summed E-state index contributed by atoms with van der Waals surface area (Å²) in [5.74, 6) is 0.118. The van der Waals surface area contributed by atoms with Gasteiger partial charge in [0, 0.05) is 6.42 Å². The molecule has 1 saturated carbocycles. The van der Waals surface area contributed by atoms with Crippen LogP contribution < -0.4 is 5.32 Å². The molecule has 92 valence electrons. The summed E-state index contributed by atoms with van der Waals surface area (Å²) in [6.07, 6.45) is 7.79. The second-order valence-electron chi connectivity index (χ2n) is 4.81. The van der Waals surface area contributed by atoms with E-state index in [0.29, 0.717) is 6.42 Å². The molecular weight excluding hydrogens is 202 g/mol. The summed E-state index contributed by atoms with van der Waals surface area (Å²) < 4.78 is 0. The van der Waals surface area contributed by atoms with Crippen LogP contribution in [0.4, 0.5) is 0 Å². The third kappa shape index (κ3) is 3.32. The number of hydrogen-bond donors (Lipinski definition) is 1. The van der Waals surface area contributed by atoms with Crippen molar-refractivity contribution in [1.82, 2.24) is 5.32 Å². The molecular formula is C13H23NO2. The smallest absolute Gasteiger partial charge is 0.220 e. The molecule has 0 aliphatic heterocycles. The second kappa shape index (κ2) is 6.02. The highest BCUT2D eigenvalue weighted by atomic mass is 16.2. The molecule has 0 bridgehead atoms. The molecule has 1 fully saturated rings. The molecule has 1 amide bonds. The molecule has 1 aliphatic rings. The minimum absolute atomic E-state index is 0.00391. The third-order valence-corrected chi connectivity index (χ3v) is 3.58. The Bertz CT molecular complexity index is 253. The van der Waals surface area contributed by atoms with E-state index in [1.54, 1.807) is 6.92 Å². The Morgan fingerprint density at radius 2 is 1.56 bits per heavy atom. The van der Waals surface area contributed by atoms with Crippen molar-refractivity contribution >= 4 is 11.7 Å². The zero-order valence-electron chi connectivity index (χ0n) is 10.5. The minimum Gasteiger partial charge on any atom is -0.344 e. The quantitative estimate of drug-likeness (QED) is 0.802. The lowest BCUT2D eigenvalue weighted by Crippen LogP contribution is -2.53. The van der Waals surface area contributed by atoms with Gasteiger partial charge in [-0.3, -0.25) is 9.59 Å². The van der Waals surface area contributed by atoms with Gasteiger partial charge >= 0.3 is 0 Å². The van der Waals surface area contributed by atoms with Gasteiger partial charge in [-0.1, -0.05) is 39.0 Å². The lowest BCUT2D eigenvalue weighted by Gasteiger charge is -2.34. The summed E-state index contributed by atoms with van der Waals surface area (Å²) >= 11 is 0. The SMILES string of the molecule is CCC(=O)NC1(C(C)=O)CCCCCCC1. The molecule has 1 rings (SSSR count). The van der Waals surface area contributed by atoms with Crippen LogP contribution in [0.2, 0.25) is 0 Å². The van der Waals surface area contributed by atoms with Crippen LogP contribution in [0.25, 0.3) is 0 Å². The Labute approximate surface area is 98.0 Å². The van der Waals surface area contributed by atoms with Crippen molar-refractivity contribution < 1.29 is 9.59 Å². The molecule has 0 spiro atoms. The molecule has 3 heteroatoms. The Hall–Kier alpha value is -0.860. The molecule has 0 aromatic heterocycles. The van der Waals surface area contributed by atoms with E-state index in [4.69, 9.17) is 0 Å². The van der Waals surface area contributed by atoms with Crippen LogP contribution in [0.1, 0.15) is 65.2 Å². The maximum absolute atomic E-state index is 11.8. The van der Waals surface area contributed by atoms with Gasteiger partial charge in [-0.15, -0.1) is 0 Å². The second-order valence-corrected chi connectivity index (χ2v) is 4.81. The number of carbonyl (C=O) groups excluding carboxylic acids is 2. The first-order chi connectivity index (χ1) is 7.60. The third-order valence-electron chi connectivity index (χ3n) is 3.58. The van der Waals surface area contributed by atoms with Crippen LogP contribution in [-0.2, 0) is 9.59 Å². The number of nitrogens with one attached hydrogen (secondary N) is 1. The fourth-order valence-electron chi connectivity index (χ4n) is 2.43. The van der Waals surface area contributed by atoms with E-state index in [-0.39, 0.29) is 11.7 Å². The fraction of sp³-hybridized carbons (Fsp3) is 0.846. The van der Waals surface area contributed by atoms with Crippen LogP contribution in [-0.4, -0.2) is 17.2 Å². The van der Waals surface area contributed by atoms with Gasteiger partial charge in [0.25, 0.3) is 0 Å². The lowest BCUT2D eigenvalue weighted by atomic mass is 9.81. The standard InChI is InChI=1S/C13H23NO2/c1-3-12(16)14-13(11(2)15)9-7-5-4-6-8-10-13/h3-10H2,1-2H3,(H,14,16). The normalized spacial score (nSPS) is 20.6. The van der Waals surface area contributed by atoms with Crippen LogP contribution in [0, 0.1) is 0 Å². The van der Waals surface area contributed by atoms with Crippen LogP contribution in [0.3, 0.4) is 0 Å². The Morgan fingerprint density at radius 1 is 1.06 bits per heavy atom. The molecule has 1 aliphatic carbocycles. The highest BCUT2D eigenvalue weighted by Crippen LogP contribution is 2.27. The average Bonchev–Trinajstić information content (AvgIpc) is 2.21. The predicted molar refractivity (Wildman–Crippen MR) is 64.2 cm³/mol. The maximum Gasteiger partial charge on any atom is 0.220 e. The molecule has 0 radical (unpaired) electrons.